The number of nitro groups is 1. The van der Waals surface area contributed by atoms with E-state index >= 15 is 0 Å². The molecule has 0 aliphatic heterocycles. The number of hydrogen-bond donors (Lipinski definition) is 0. The second-order valence-corrected chi connectivity index (χ2v) is 2.91. The van der Waals surface area contributed by atoms with Gasteiger partial charge < -0.3 is 10.1 Å². The Hall–Kier alpha value is -1.81. The van der Waals surface area contributed by atoms with Crippen LogP contribution < -0.4 is 0 Å². The van der Waals surface area contributed by atoms with Gasteiger partial charge in [-0.05, 0) is 11.8 Å². The summed E-state index contributed by atoms with van der Waals surface area (Å²) in [6, 6.07) is 0. The van der Waals surface area contributed by atoms with Crippen molar-refractivity contribution in [3.05, 3.63) is 15.8 Å². The van der Waals surface area contributed by atoms with Gasteiger partial charge in [0.2, 0.25) is 5.69 Å². The van der Waals surface area contributed by atoms with Gasteiger partial charge in [0.15, 0.2) is 0 Å². The fraction of sp³-hybridized carbons (Fsp3) is 0.667. The first-order valence-corrected chi connectivity index (χ1v) is 4.15. The Morgan fingerprint density at radius 3 is 2.24 bits per heavy atom. The van der Waals surface area contributed by atoms with Crippen LogP contribution in [0.15, 0.2) is 0 Å². The molecule has 0 atom stereocenters. The molecule has 0 saturated heterocycles. The van der Waals surface area contributed by atoms with Crippen LogP contribution in [0.25, 0.3) is 0 Å². The van der Waals surface area contributed by atoms with Crippen LogP contribution in [-0.4, -0.2) is 26.1 Å². The standard InChI is InChI=1S/C6H5F5N4O2/c1-2-14-4(15(16)17)3(12-13-14)5(7,8)6(9,10)11/h2H2,1H3. The fourth-order valence-corrected chi connectivity index (χ4v) is 1.04. The maximum absolute atomic E-state index is 12.9. The van der Waals surface area contributed by atoms with Gasteiger partial charge in [-0.3, -0.25) is 0 Å². The van der Waals surface area contributed by atoms with E-state index in [0.29, 0.717) is 4.68 Å². The van der Waals surface area contributed by atoms with E-state index in [0.717, 1.165) is 0 Å². The molecule has 0 saturated carbocycles. The van der Waals surface area contributed by atoms with Gasteiger partial charge in [0, 0.05) is 5.21 Å². The summed E-state index contributed by atoms with van der Waals surface area (Å²) in [6.07, 6.45) is -5.97. The Morgan fingerprint density at radius 2 is 1.88 bits per heavy atom. The molecule has 11 heteroatoms. The summed E-state index contributed by atoms with van der Waals surface area (Å²) in [4.78, 5) is 9.06. The van der Waals surface area contributed by atoms with Crippen molar-refractivity contribution in [2.75, 3.05) is 0 Å². The molecular weight excluding hydrogens is 255 g/mol. The lowest BCUT2D eigenvalue weighted by atomic mass is 10.2. The minimum atomic E-state index is -5.97. The highest BCUT2D eigenvalue weighted by molar-refractivity contribution is 5.30. The molecule has 6 nitrogen and oxygen atoms in total. The third-order valence-corrected chi connectivity index (χ3v) is 1.83. The molecule has 0 aromatic carbocycles. The first-order chi connectivity index (χ1) is 7.63. The van der Waals surface area contributed by atoms with Crippen molar-refractivity contribution in [3.63, 3.8) is 0 Å². The van der Waals surface area contributed by atoms with Crippen molar-refractivity contribution in [3.8, 4) is 0 Å². The Labute approximate surface area is 90.2 Å². The number of halogens is 5. The van der Waals surface area contributed by atoms with Crippen LogP contribution in [0.5, 0.6) is 0 Å². The number of aryl methyl sites for hydroxylation is 1. The summed E-state index contributed by atoms with van der Waals surface area (Å²) in [6.45, 7) is 1.04. The average molecular weight is 260 g/mol. The maximum atomic E-state index is 12.9. The quantitative estimate of drug-likeness (QED) is 0.472. The molecule has 0 N–H and O–H groups in total. The summed E-state index contributed by atoms with van der Waals surface area (Å²) in [5.74, 6) is -6.88. The predicted molar refractivity (Wildman–Crippen MR) is 42.3 cm³/mol. The molecule has 17 heavy (non-hydrogen) atoms. The van der Waals surface area contributed by atoms with E-state index in [4.69, 9.17) is 0 Å². The van der Waals surface area contributed by atoms with E-state index in [1.54, 1.807) is 0 Å². The van der Waals surface area contributed by atoms with Gasteiger partial charge in [-0.15, -0.1) is 9.78 Å². The number of alkyl halides is 5. The zero-order valence-electron chi connectivity index (χ0n) is 8.20. The minimum absolute atomic E-state index is 0.253. The van der Waals surface area contributed by atoms with Crippen molar-refractivity contribution in [1.82, 2.24) is 15.0 Å². The van der Waals surface area contributed by atoms with Crippen LogP contribution in [0.2, 0.25) is 0 Å². The molecular formula is C6H5F5N4O2. The van der Waals surface area contributed by atoms with Gasteiger partial charge in [-0.2, -0.15) is 22.0 Å². The van der Waals surface area contributed by atoms with Crippen molar-refractivity contribution in [1.29, 1.82) is 0 Å². The largest absolute Gasteiger partial charge is 0.460 e. The molecule has 0 radical (unpaired) electrons. The lowest BCUT2D eigenvalue weighted by Crippen LogP contribution is -2.34. The number of rotatable bonds is 3. The summed E-state index contributed by atoms with van der Waals surface area (Å²) in [5, 5.41) is 15.9. The van der Waals surface area contributed by atoms with Crippen LogP contribution in [-0.2, 0) is 12.5 Å². The van der Waals surface area contributed by atoms with Crippen LogP contribution in [0.1, 0.15) is 12.6 Å². The molecule has 0 bridgehead atoms. The van der Waals surface area contributed by atoms with E-state index in [-0.39, 0.29) is 6.54 Å². The third-order valence-electron chi connectivity index (χ3n) is 1.83. The van der Waals surface area contributed by atoms with Gasteiger partial charge in [0.1, 0.15) is 6.54 Å². The molecule has 0 spiro atoms. The summed E-state index contributed by atoms with van der Waals surface area (Å²) in [5.41, 5.74) is -2.00. The van der Waals surface area contributed by atoms with Crippen LogP contribution in [0.3, 0.4) is 0 Å². The number of hydrogen-bond acceptors (Lipinski definition) is 4. The summed E-state index contributed by atoms with van der Waals surface area (Å²) >= 11 is 0. The first-order valence-electron chi connectivity index (χ1n) is 4.15. The predicted octanol–water partition coefficient (Wildman–Crippen LogP) is 1.86. The SMILES string of the molecule is CCn1nnc(C(F)(F)C(F)(F)F)c1[N+](=O)[O-]. The number of aromatic nitrogens is 3. The van der Waals surface area contributed by atoms with E-state index in [9.17, 15) is 32.1 Å². The van der Waals surface area contributed by atoms with E-state index in [1.165, 1.54) is 6.92 Å². The van der Waals surface area contributed by atoms with Crippen LogP contribution in [0.4, 0.5) is 27.8 Å². The van der Waals surface area contributed by atoms with Crippen molar-refractivity contribution < 1.29 is 26.9 Å². The Balaban J connectivity index is 3.42. The van der Waals surface area contributed by atoms with Gasteiger partial charge in [0.25, 0.3) is 0 Å². The molecule has 1 heterocycles. The Kier molecular flexibility index (Phi) is 3.03. The lowest BCUT2D eigenvalue weighted by molar-refractivity contribution is -0.397. The zero-order valence-corrected chi connectivity index (χ0v) is 8.20. The van der Waals surface area contributed by atoms with E-state index in [2.05, 4.69) is 10.3 Å². The molecule has 1 aromatic rings. The molecule has 1 aromatic heterocycles. The van der Waals surface area contributed by atoms with E-state index in [1.807, 2.05) is 0 Å². The summed E-state index contributed by atoms with van der Waals surface area (Å²) in [7, 11) is 0. The molecule has 0 unspecified atom stereocenters. The van der Waals surface area contributed by atoms with Gasteiger partial charge >= 0.3 is 17.9 Å². The van der Waals surface area contributed by atoms with Gasteiger partial charge in [-0.25, -0.2) is 0 Å². The number of nitrogens with zero attached hydrogens (tertiary/aromatic N) is 4. The highest BCUT2D eigenvalue weighted by atomic mass is 19.4. The van der Waals surface area contributed by atoms with Crippen molar-refractivity contribution >= 4 is 5.82 Å². The smallest absolute Gasteiger partial charge is 0.358 e. The molecule has 0 amide bonds. The highest BCUT2D eigenvalue weighted by Gasteiger charge is 2.64. The van der Waals surface area contributed by atoms with Crippen LogP contribution in [0, 0.1) is 10.1 Å². The van der Waals surface area contributed by atoms with Crippen molar-refractivity contribution in [2.45, 2.75) is 25.6 Å². The topological polar surface area (TPSA) is 73.8 Å². The molecule has 1 rings (SSSR count). The monoisotopic (exact) mass is 260 g/mol. The Bertz CT molecular complexity index is 440. The fourth-order valence-electron chi connectivity index (χ4n) is 1.04. The molecule has 0 aliphatic rings. The normalized spacial score (nSPS) is 12.8. The second kappa shape index (κ2) is 3.89. The average Bonchev–Trinajstić information content (AvgIpc) is 2.59. The molecule has 96 valence electrons. The van der Waals surface area contributed by atoms with Gasteiger partial charge in [0.05, 0.1) is 0 Å². The van der Waals surface area contributed by atoms with Gasteiger partial charge in [-0.1, -0.05) is 0 Å². The maximum Gasteiger partial charge on any atom is 0.460 e. The minimum Gasteiger partial charge on any atom is -0.358 e. The van der Waals surface area contributed by atoms with Crippen molar-refractivity contribution in [2.24, 2.45) is 0 Å². The second-order valence-electron chi connectivity index (χ2n) is 2.91. The third kappa shape index (κ3) is 2.03. The molecule has 0 aliphatic carbocycles. The first kappa shape index (κ1) is 13.3. The highest BCUT2D eigenvalue weighted by Crippen LogP contribution is 2.45. The van der Waals surface area contributed by atoms with Crippen LogP contribution >= 0.6 is 0 Å². The zero-order chi connectivity index (χ0) is 13.4. The lowest BCUT2D eigenvalue weighted by Gasteiger charge is -2.16. The molecule has 0 fully saturated rings. The summed E-state index contributed by atoms with van der Waals surface area (Å²) < 4.78 is 62.2. The van der Waals surface area contributed by atoms with E-state index < -0.39 is 28.5 Å². The Morgan fingerprint density at radius 1 is 1.35 bits per heavy atom.